The van der Waals surface area contributed by atoms with Crippen molar-refractivity contribution in [3.63, 3.8) is 0 Å². The van der Waals surface area contributed by atoms with Gasteiger partial charge in [0, 0.05) is 0 Å². The van der Waals surface area contributed by atoms with E-state index in [-0.39, 0.29) is 11.3 Å². The number of para-hydroxylation sites is 1. The van der Waals surface area contributed by atoms with E-state index in [1.807, 2.05) is 6.07 Å². The van der Waals surface area contributed by atoms with Gasteiger partial charge in [-0.1, -0.05) is 12.1 Å². The number of aromatic hydroxyl groups is 1. The van der Waals surface area contributed by atoms with Crippen molar-refractivity contribution in [3.8, 4) is 5.75 Å². The molecule has 0 bridgehead atoms. The van der Waals surface area contributed by atoms with E-state index < -0.39 is 0 Å². The maximum atomic E-state index is 12.5. The summed E-state index contributed by atoms with van der Waals surface area (Å²) >= 11 is 3.24. The molecule has 110 valence electrons. The number of hydrogen-bond donors (Lipinski definition) is 1. The number of phenols is 1. The van der Waals surface area contributed by atoms with Crippen LogP contribution in [-0.4, -0.2) is 21.0 Å². The van der Waals surface area contributed by atoms with Crippen molar-refractivity contribution in [3.05, 3.63) is 68.7 Å². The minimum absolute atomic E-state index is 0.151. The van der Waals surface area contributed by atoms with Gasteiger partial charge in [-0.05, 0) is 58.7 Å². The maximum absolute atomic E-state index is 12.5. The summed E-state index contributed by atoms with van der Waals surface area (Å²) < 4.78 is 1.83. The summed E-state index contributed by atoms with van der Waals surface area (Å²) in [4.78, 5) is 16.8. The molecule has 0 aliphatic carbocycles. The monoisotopic (exact) mass is 357 g/mol. The van der Waals surface area contributed by atoms with Gasteiger partial charge in [-0.2, -0.15) is 9.78 Å². The van der Waals surface area contributed by atoms with Crippen LogP contribution in [0.2, 0.25) is 0 Å². The third kappa shape index (κ3) is 2.65. The molecule has 3 aromatic rings. The third-order valence-corrected chi connectivity index (χ3v) is 3.84. The molecule has 5 nitrogen and oxygen atoms in total. The zero-order valence-corrected chi connectivity index (χ0v) is 13.3. The second kappa shape index (κ2) is 5.73. The molecular weight excluding hydrogens is 346 g/mol. The summed E-state index contributed by atoms with van der Waals surface area (Å²) in [6.45, 7) is 1.73. The Hall–Kier alpha value is -2.47. The van der Waals surface area contributed by atoms with Gasteiger partial charge in [-0.3, -0.25) is 4.79 Å². The van der Waals surface area contributed by atoms with Crippen molar-refractivity contribution >= 4 is 33.0 Å². The van der Waals surface area contributed by atoms with Crippen LogP contribution in [0, 0.1) is 6.92 Å². The predicted octanol–water partition coefficient (Wildman–Crippen LogP) is 3.06. The van der Waals surface area contributed by atoms with E-state index in [1.165, 1.54) is 4.68 Å². The fourth-order valence-corrected chi connectivity index (χ4v) is 2.50. The van der Waals surface area contributed by atoms with E-state index in [1.54, 1.807) is 49.5 Å². The number of nitrogens with zero attached hydrogens (tertiary/aromatic N) is 3. The Morgan fingerprint density at radius 2 is 2.05 bits per heavy atom. The van der Waals surface area contributed by atoms with Crippen LogP contribution in [0.4, 0.5) is 0 Å². The number of aryl methyl sites for hydroxylation is 1. The summed E-state index contributed by atoms with van der Waals surface area (Å²) in [6, 6.07) is 12.1. The highest BCUT2D eigenvalue weighted by Gasteiger charge is 2.06. The second-order valence-corrected chi connectivity index (χ2v) is 5.60. The van der Waals surface area contributed by atoms with Crippen LogP contribution in [0.3, 0.4) is 0 Å². The Kier molecular flexibility index (Phi) is 3.77. The molecule has 0 amide bonds. The average molecular weight is 358 g/mol. The highest BCUT2D eigenvalue weighted by Crippen LogP contribution is 2.23. The van der Waals surface area contributed by atoms with Gasteiger partial charge in [0.25, 0.3) is 5.56 Å². The normalized spacial score (nSPS) is 11.4. The third-order valence-electron chi connectivity index (χ3n) is 3.21. The van der Waals surface area contributed by atoms with Gasteiger partial charge in [0.05, 0.1) is 21.6 Å². The van der Waals surface area contributed by atoms with Gasteiger partial charge in [0.15, 0.2) is 0 Å². The fraction of sp³-hybridized carbons (Fsp3) is 0.0625. The number of rotatable bonds is 2. The second-order valence-electron chi connectivity index (χ2n) is 4.75. The molecular formula is C16H12BrN3O2. The lowest BCUT2D eigenvalue weighted by Gasteiger charge is -2.05. The van der Waals surface area contributed by atoms with E-state index in [0.29, 0.717) is 21.2 Å². The predicted molar refractivity (Wildman–Crippen MR) is 89.5 cm³/mol. The summed E-state index contributed by atoms with van der Waals surface area (Å²) in [5.74, 6) is 0.663. The zero-order valence-electron chi connectivity index (χ0n) is 11.7. The molecule has 6 heteroatoms. The van der Waals surface area contributed by atoms with Crippen molar-refractivity contribution in [1.29, 1.82) is 0 Å². The molecule has 2 aromatic carbocycles. The molecule has 0 unspecified atom stereocenters. The van der Waals surface area contributed by atoms with Crippen molar-refractivity contribution in [2.75, 3.05) is 0 Å². The first-order valence-electron chi connectivity index (χ1n) is 6.57. The highest BCUT2D eigenvalue weighted by molar-refractivity contribution is 9.10. The highest BCUT2D eigenvalue weighted by atomic mass is 79.9. The molecule has 0 aliphatic rings. The summed E-state index contributed by atoms with van der Waals surface area (Å²) in [6.07, 6.45) is 1.55. The number of phenolic OH excluding ortho intramolecular Hbond substituents is 1. The zero-order chi connectivity index (χ0) is 15.7. The molecule has 0 radical (unpaired) electrons. The van der Waals surface area contributed by atoms with E-state index >= 15 is 0 Å². The standard InChI is InChI=1S/C16H12BrN3O2/c1-10-19-14-5-3-2-4-12(14)16(22)20(10)18-9-11-6-7-15(21)13(17)8-11/h2-9,21H,1H3/b18-9+. The number of halogens is 1. The lowest BCUT2D eigenvalue weighted by Crippen LogP contribution is -2.20. The van der Waals surface area contributed by atoms with Crippen LogP contribution in [-0.2, 0) is 0 Å². The molecule has 0 fully saturated rings. The SMILES string of the molecule is Cc1nc2ccccc2c(=O)n1/N=C/c1ccc(O)c(Br)c1. The van der Waals surface area contributed by atoms with Crippen LogP contribution < -0.4 is 5.56 Å². The largest absolute Gasteiger partial charge is 0.507 e. The van der Waals surface area contributed by atoms with Crippen LogP contribution in [0.5, 0.6) is 5.75 Å². The number of hydrogen-bond acceptors (Lipinski definition) is 4. The van der Waals surface area contributed by atoms with E-state index in [2.05, 4.69) is 26.0 Å². The van der Waals surface area contributed by atoms with Crippen LogP contribution >= 0.6 is 15.9 Å². The van der Waals surface area contributed by atoms with Crippen LogP contribution in [0.1, 0.15) is 11.4 Å². The molecule has 1 aromatic heterocycles. The molecule has 0 aliphatic heterocycles. The van der Waals surface area contributed by atoms with E-state index in [4.69, 9.17) is 0 Å². The quantitative estimate of drug-likeness (QED) is 0.716. The molecule has 0 saturated carbocycles. The van der Waals surface area contributed by atoms with Crippen molar-refractivity contribution in [2.45, 2.75) is 6.92 Å². The van der Waals surface area contributed by atoms with Gasteiger partial charge in [-0.25, -0.2) is 4.98 Å². The lowest BCUT2D eigenvalue weighted by atomic mass is 10.2. The smallest absolute Gasteiger partial charge is 0.282 e. The van der Waals surface area contributed by atoms with Gasteiger partial charge >= 0.3 is 0 Å². The van der Waals surface area contributed by atoms with Crippen molar-refractivity contribution < 1.29 is 5.11 Å². The number of benzene rings is 2. The summed E-state index contributed by atoms with van der Waals surface area (Å²) in [5, 5.41) is 14.2. The molecule has 0 atom stereocenters. The van der Waals surface area contributed by atoms with E-state index in [9.17, 15) is 9.90 Å². The van der Waals surface area contributed by atoms with Gasteiger partial charge < -0.3 is 5.11 Å². The Bertz CT molecular complexity index is 948. The molecule has 0 spiro atoms. The topological polar surface area (TPSA) is 67.5 Å². The first-order chi connectivity index (χ1) is 10.6. The Balaban J connectivity index is 2.08. The van der Waals surface area contributed by atoms with Gasteiger partial charge in [-0.15, -0.1) is 0 Å². The van der Waals surface area contributed by atoms with Gasteiger partial charge in [0.1, 0.15) is 11.6 Å². The Labute approximate surface area is 134 Å². The van der Waals surface area contributed by atoms with E-state index in [0.717, 1.165) is 5.56 Å². The molecule has 1 heterocycles. The van der Waals surface area contributed by atoms with Crippen molar-refractivity contribution in [1.82, 2.24) is 9.66 Å². The van der Waals surface area contributed by atoms with Crippen molar-refractivity contribution in [2.24, 2.45) is 5.10 Å². The Morgan fingerprint density at radius 1 is 1.27 bits per heavy atom. The molecule has 0 saturated heterocycles. The molecule has 22 heavy (non-hydrogen) atoms. The fourth-order valence-electron chi connectivity index (χ4n) is 2.10. The first kappa shape index (κ1) is 14.5. The maximum Gasteiger partial charge on any atom is 0.282 e. The summed E-state index contributed by atoms with van der Waals surface area (Å²) in [5.41, 5.74) is 1.20. The Morgan fingerprint density at radius 3 is 2.82 bits per heavy atom. The summed E-state index contributed by atoms with van der Waals surface area (Å²) in [7, 11) is 0. The molecule has 1 N–H and O–H groups in total. The number of aromatic nitrogens is 2. The van der Waals surface area contributed by atoms with Crippen LogP contribution in [0.25, 0.3) is 10.9 Å². The molecule has 3 rings (SSSR count). The van der Waals surface area contributed by atoms with Gasteiger partial charge in [0.2, 0.25) is 0 Å². The minimum atomic E-state index is -0.211. The van der Waals surface area contributed by atoms with Crippen LogP contribution in [0.15, 0.2) is 56.8 Å². The lowest BCUT2D eigenvalue weighted by molar-refractivity contribution is 0.472. The number of fused-ring (bicyclic) bond motifs is 1. The average Bonchev–Trinajstić information content (AvgIpc) is 2.50. The minimum Gasteiger partial charge on any atom is -0.507 e. The first-order valence-corrected chi connectivity index (χ1v) is 7.37.